The highest BCUT2D eigenvalue weighted by Crippen LogP contribution is 2.65. The summed E-state index contributed by atoms with van der Waals surface area (Å²) in [5.41, 5.74) is -4.66. The number of phenols is 1. The molecule has 38 heavy (non-hydrogen) atoms. The van der Waals surface area contributed by atoms with Gasteiger partial charge in [-0.15, -0.1) is 0 Å². The lowest BCUT2D eigenvalue weighted by molar-refractivity contribution is -0.171. The van der Waals surface area contributed by atoms with Crippen molar-refractivity contribution in [2.75, 3.05) is 0 Å². The Morgan fingerprint density at radius 3 is 2.39 bits per heavy atom. The molecule has 1 unspecified atom stereocenters. The van der Waals surface area contributed by atoms with E-state index in [-0.39, 0.29) is 35.6 Å². The topological polar surface area (TPSA) is 132 Å². The van der Waals surface area contributed by atoms with Gasteiger partial charge < -0.3 is 20.4 Å². The van der Waals surface area contributed by atoms with Crippen LogP contribution in [0.15, 0.2) is 34.8 Å². The summed E-state index contributed by atoms with van der Waals surface area (Å²) in [6, 6.07) is 3.06. The van der Waals surface area contributed by atoms with E-state index >= 15 is 0 Å². The van der Waals surface area contributed by atoms with E-state index in [4.69, 9.17) is 0 Å². The Bertz CT molecular complexity index is 1380. The van der Waals surface area contributed by atoms with Crippen molar-refractivity contribution in [3.8, 4) is 17.6 Å². The molecule has 0 saturated carbocycles. The van der Waals surface area contributed by atoms with Gasteiger partial charge in [0.25, 0.3) is 0 Å². The van der Waals surface area contributed by atoms with Crippen LogP contribution >= 0.6 is 0 Å². The first-order chi connectivity index (χ1) is 17.7. The minimum atomic E-state index is -2.61. The van der Waals surface area contributed by atoms with Gasteiger partial charge in [0, 0.05) is 34.3 Å². The van der Waals surface area contributed by atoms with Crippen molar-refractivity contribution in [2.45, 2.75) is 79.2 Å². The van der Waals surface area contributed by atoms with Crippen LogP contribution in [0.3, 0.4) is 0 Å². The smallest absolute Gasteiger partial charge is 0.209 e. The lowest BCUT2D eigenvalue weighted by Crippen LogP contribution is -2.67. The standard InChI is InChI=1S/C31H36O7/c1-7-8-9-10-11-18-12-13-20(33)22-19(18)14-29(5)15-30(6)23(16(2)3)25(34)21(17(4)32)27(36)31(30,38)28(37)24(29)26(22)35/h12-13,16,23,33-34,37-38H,7-9,14-15H2,1-6H3/t23?,29-,30-,31+/m1/s1. The summed E-state index contributed by atoms with van der Waals surface area (Å²) in [4.78, 5) is 40.1. The van der Waals surface area contributed by atoms with Crippen molar-refractivity contribution in [3.05, 3.63) is 51.5 Å². The molecule has 4 atom stereocenters. The van der Waals surface area contributed by atoms with E-state index in [1.807, 2.05) is 13.8 Å². The lowest BCUT2D eigenvalue weighted by Gasteiger charge is -2.59. The number of unbranched alkanes of at least 4 members (excludes halogenated alkanes) is 2. The minimum Gasteiger partial charge on any atom is -0.511 e. The summed E-state index contributed by atoms with van der Waals surface area (Å²) in [5.74, 6) is 1.07. The van der Waals surface area contributed by atoms with Crippen LogP contribution in [0.25, 0.3) is 0 Å². The lowest BCUT2D eigenvalue weighted by atomic mass is 9.44. The highest BCUT2D eigenvalue weighted by Gasteiger charge is 2.71. The summed E-state index contributed by atoms with van der Waals surface area (Å²) in [7, 11) is 0. The second-order valence-electron chi connectivity index (χ2n) is 11.9. The quantitative estimate of drug-likeness (QED) is 0.252. The molecule has 4 N–H and O–H groups in total. The molecule has 0 radical (unpaired) electrons. The monoisotopic (exact) mass is 520 g/mol. The van der Waals surface area contributed by atoms with Crippen LogP contribution in [-0.2, 0) is 16.0 Å². The first-order valence-corrected chi connectivity index (χ1v) is 13.2. The van der Waals surface area contributed by atoms with Crippen LogP contribution in [0, 0.1) is 34.5 Å². The van der Waals surface area contributed by atoms with E-state index in [1.165, 1.54) is 6.07 Å². The molecule has 0 fully saturated rings. The zero-order valence-corrected chi connectivity index (χ0v) is 22.9. The Labute approximate surface area is 223 Å². The number of hydrogen-bond donors (Lipinski definition) is 4. The molecule has 3 aliphatic carbocycles. The van der Waals surface area contributed by atoms with Gasteiger partial charge in [0.1, 0.15) is 22.8 Å². The van der Waals surface area contributed by atoms with Gasteiger partial charge in [-0.2, -0.15) is 0 Å². The summed E-state index contributed by atoms with van der Waals surface area (Å²) in [5, 5.41) is 45.6. The molecular weight excluding hydrogens is 484 g/mol. The molecule has 0 spiro atoms. The number of rotatable bonds is 4. The van der Waals surface area contributed by atoms with Gasteiger partial charge in [-0.1, -0.05) is 52.9 Å². The Hall–Kier alpha value is -3.37. The molecule has 0 bridgehead atoms. The SMILES string of the molecule is CCCCC#Cc1ccc(O)c2c1C[C@]1(C)C[C@]3(C)C(C(C)C)C(O)=C(C(C)=O)C(=O)[C@]3(O)C(O)=C1C2=O. The predicted molar refractivity (Wildman–Crippen MR) is 142 cm³/mol. The maximum absolute atomic E-state index is 14.0. The molecule has 0 aliphatic heterocycles. The number of aliphatic hydroxyl groups is 3. The highest BCUT2D eigenvalue weighted by atomic mass is 16.3. The molecule has 7 nitrogen and oxygen atoms in total. The largest absolute Gasteiger partial charge is 0.511 e. The molecule has 0 aromatic heterocycles. The Kier molecular flexibility index (Phi) is 6.64. The van der Waals surface area contributed by atoms with Crippen LogP contribution in [0.5, 0.6) is 5.75 Å². The molecule has 202 valence electrons. The minimum absolute atomic E-state index is 0.00707. The van der Waals surface area contributed by atoms with Crippen molar-refractivity contribution >= 4 is 17.3 Å². The number of allylic oxidation sites excluding steroid dienone is 2. The Balaban J connectivity index is 2.01. The average Bonchev–Trinajstić information content (AvgIpc) is 2.79. The summed E-state index contributed by atoms with van der Waals surface area (Å²) in [6.45, 7) is 10.2. The third-order valence-electron chi connectivity index (χ3n) is 8.77. The predicted octanol–water partition coefficient (Wildman–Crippen LogP) is 4.89. The van der Waals surface area contributed by atoms with Crippen molar-refractivity contribution in [1.82, 2.24) is 0 Å². The molecule has 1 aromatic rings. The van der Waals surface area contributed by atoms with Crippen molar-refractivity contribution in [1.29, 1.82) is 0 Å². The fourth-order valence-corrected chi connectivity index (χ4v) is 7.27. The van der Waals surface area contributed by atoms with E-state index in [0.29, 0.717) is 17.5 Å². The first kappa shape index (κ1) is 27.7. The molecule has 4 rings (SSSR count). The molecule has 7 heteroatoms. The highest BCUT2D eigenvalue weighted by molar-refractivity contribution is 6.25. The number of phenolic OH excluding ortho intramolecular Hbond substituents is 1. The van der Waals surface area contributed by atoms with Crippen LogP contribution in [0.1, 0.15) is 88.7 Å². The maximum atomic E-state index is 14.0. The fraction of sp³-hybridized carbons (Fsp3) is 0.516. The van der Waals surface area contributed by atoms with Gasteiger partial charge in [-0.05, 0) is 49.8 Å². The molecule has 3 aliphatic rings. The molecule has 1 aromatic carbocycles. The number of aliphatic hydroxyl groups excluding tert-OH is 2. The van der Waals surface area contributed by atoms with E-state index in [1.54, 1.807) is 19.9 Å². The summed E-state index contributed by atoms with van der Waals surface area (Å²) in [6.07, 6.45) is 2.90. The Morgan fingerprint density at radius 1 is 1.16 bits per heavy atom. The van der Waals surface area contributed by atoms with E-state index in [9.17, 15) is 34.8 Å². The number of fused-ring (bicyclic) bond motifs is 3. The molecular formula is C31H36O7. The van der Waals surface area contributed by atoms with Gasteiger partial charge in [0.2, 0.25) is 5.78 Å². The second-order valence-corrected chi connectivity index (χ2v) is 11.9. The zero-order valence-electron chi connectivity index (χ0n) is 22.9. The van der Waals surface area contributed by atoms with Crippen LogP contribution < -0.4 is 0 Å². The maximum Gasteiger partial charge on any atom is 0.209 e. The van der Waals surface area contributed by atoms with Crippen molar-refractivity contribution in [2.24, 2.45) is 22.7 Å². The summed E-state index contributed by atoms with van der Waals surface area (Å²) >= 11 is 0. The number of aromatic hydroxyl groups is 1. The van der Waals surface area contributed by atoms with Gasteiger partial charge in [-0.3, -0.25) is 14.4 Å². The number of benzene rings is 1. The van der Waals surface area contributed by atoms with E-state index in [0.717, 1.165) is 19.8 Å². The fourth-order valence-electron chi connectivity index (χ4n) is 7.27. The van der Waals surface area contributed by atoms with Crippen LogP contribution in [0.4, 0.5) is 0 Å². The third kappa shape index (κ3) is 3.57. The summed E-state index contributed by atoms with van der Waals surface area (Å²) < 4.78 is 0. The first-order valence-electron chi connectivity index (χ1n) is 13.2. The third-order valence-corrected chi connectivity index (χ3v) is 8.77. The van der Waals surface area contributed by atoms with E-state index in [2.05, 4.69) is 18.8 Å². The van der Waals surface area contributed by atoms with Crippen molar-refractivity contribution in [3.63, 3.8) is 0 Å². The van der Waals surface area contributed by atoms with Crippen LogP contribution in [-0.4, -0.2) is 43.4 Å². The number of ketones is 3. The average molecular weight is 521 g/mol. The Morgan fingerprint density at radius 2 is 1.82 bits per heavy atom. The molecule has 0 amide bonds. The van der Waals surface area contributed by atoms with Gasteiger partial charge in [-0.25, -0.2) is 0 Å². The van der Waals surface area contributed by atoms with Gasteiger partial charge >= 0.3 is 0 Å². The number of carbonyl (C=O) groups excluding carboxylic acids is 3. The van der Waals surface area contributed by atoms with Crippen molar-refractivity contribution < 1.29 is 34.8 Å². The number of carbonyl (C=O) groups is 3. The molecule has 0 heterocycles. The van der Waals surface area contributed by atoms with E-state index < -0.39 is 56.8 Å². The normalized spacial score (nSPS) is 30.5. The van der Waals surface area contributed by atoms with Crippen LogP contribution in [0.2, 0.25) is 0 Å². The second kappa shape index (κ2) is 9.13. The number of Topliss-reactive ketones (excluding diaryl/α,β-unsaturated/α-hetero) is 3. The van der Waals surface area contributed by atoms with Gasteiger partial charge in [0.15, 0.2) is 17.2 Å². The zero-order chi connectivity index (χ0) is 28.4. The number of hydrogen-bond acceptors (Lipinski definition) is 7. The molecule has 0 saturated heterocycles. The van der Waals surface area contributed by atoms with Gasteiger partial charge in [0.05, 0.1) is 5.56 Å².